The highest BCUT2D eigenvalue weighted by Gasteiger charge is 2.36. The summed E-state index contributed by atoms with van der Waals surface area (Å²) in [5, 5.41) is 7.02. The summed E-state index contributed by atoms with van der Waals surface area (Å²) < 4.78 is 38.3. The van der Waals surface area contributed by atoms with Gasteiger partial charge in [0.1, 0.15) is 5.82 Å². The zero-order valence-electron chi connectivity index (χ0n) is 18.8. The predicted octanol–water partition coefficient (Wildman–Crippen LogP) is 5.73. The maximum atomic E-state index is 14.3. The third-order valence-corrected chi connectivity index (χ3v) is 5.77. The largest absolute Gasteiger partial charge is 0.494 e. The van der Waals surface area contributed by atoms with Gasteiger partial charge in [-0.05, 0) is 55.0 Å². The van der Waals surface area contributed by atoms with E-state index < -0.39 is 17.7 Å². The zero-order chi connectivity index (χ0) is 24.5. The number of ether oxygens (including phenoxy) is 1. The van der Waals surface area contributed by atoms with Gasteiger partial charge in [-0.25, -0.2) is 13.6 Å². The molecule has 3 aromatic carbocycles. The number of aromatic nitrogens is 2. The van der Waals surface area contributed by atoms with Crippen molar-refractivity contribution >= 4 is 17.3 Å². The number of nitrogens with zero attached hydrogens (tertiary/aromatic N) is 3. The normalized spacial score (nSPS) is 15.8. The molecule has 1 aliphatic heterocycles. The molecule has 0 aliphatic carbocycles. The number of hydrogen-bond acceptors (Lipinski definition) is 5. The van der Waals surface area contributed by atoms with Crippen LogP contribution in [0, 0.1) is 11.6 Å². The van der Waals surface area contributed by atoms with E-state index >= 15 is 0 Å². The van der Waals surface area contributed by atoms with Gasteiger partial charge in [-0.3, -0.25) is 4.90 Å². The molecule has 7 nitrogen and oxygen atoms in total. The Morgan fingerprint density at radius 2 is 1.77 bits per heavy atom. The first-order valence-electron chi connectivity index (χ1n) is 10.8. The smallest absolute Gasteiger partial charge is 0.326 e. The number of nitrogens with one attached hydrogen (secondary N) is 1. The molecule has 0 radical (unpaired) electrons. The van der Waals surface area contributed by atoms with Gasteiger partial charge < -0.3 is 14.6 Å². The highest BCUT2D eigenvalue weighted by molar-refractivity contribution is 6.01. The molecule has 1 unspecified atom stereocenters. The van der Waals surface area contributed by atoms with Crippen molar-refractivity contribution in [3.63, 3.8) is 0 Å². The van der Waals surface area contributed by atoms with Crippen molar-refractivity contribution in [2.24, 2.45) is 0 Å². The van der Waals surface area contributed by atoms with Crippen LogP contribution in [-0.2, 0) is 0 Å². The van der Waals surface area contributed by atoms with E-state index in [1.54, 1.807) is 13.0 Å². The van der Waals surface area contributed by atoms with Crippen LogP contribution in [0.3, 0.4) is 0 Å². The van der Waals surface area contributed by atoms with Gasteiger partial charge in [0.15, 0.2) is 11.6 Å². The summed E-state index contributed by atoms with van der Waals surface area (Å²) in [5.74, 6) is -0.525. The third kappa shape index (κ3) is 4.12. The molecule has 1 atom stereocenters. The van der Waals surface area contributed by atoms with Gasteiger partial charge in [-0.15, -0.1) is 0 Å². The Morgan fingerprint density at radius 3 is 2.46 bits per heavy atom. The van der Waals surface area contributed by atoms with E-state index in [1.807, 2.05) is 30.3 Å². The third-order valence-electron chi connectivity index (χ3n) is 5.77. The molecule has 0 fully saturated rings. The predicted molar refractivity (Wildman–Crippen MR) is 125 cm³/mol. The fraction of sp³-hybridized carbons (Fsp3) is 0.115. The van der Waals surface area contributed by atoms with E-state index in [4.69, 9.17) is 9.26 Å². The molecule has 1 aliphatic rings. The number of methoxy groups -OCH3 is 1. The van der Waals surface area contributed by atoms with Crippen LogP contribution in [0.5, 0.6) is 5.75 Å². The first-order chi connectivity index (χ1) is 17.0. The molecule has 2 amide bonds. The average molecular weight is 474 g/mol. The molecule has 0 bridgehead atoms. The second kappa shape index (κ2) is 9.02. The molecule has 1 aromatic heterocycles. The molecule has 4 aromatic rings. The Kier molecular flexibility index (Phi) is 5.74. The van der Waals surface area contributed by atoms with Crippen LogP contribution in [-0.4, -0.2) is 23.3 Å². The van der Waals surface area contributed by atoms with E-state index in [1.165, 1.54) is 48.4 Å². The monoisotopic (exact) mass is 474 g/mol. The van der Waals surface area contributed by atoms with Gasteiger partial charge in [-0.1, -0.05) is 35.5 Å². The topological polar surface area (TPSA) is 80.5 Å². The minimum absolute atomic E-state index is 0.102. The number of rotatable bonds is 5. The zero-order valence-corrected chi connectivity index (χ0v) is 18.8. The van der Waals surface area contributed by atoms with E-state index in [0.29, 0.717) is 22.5 Å². The van der Waals surface area contributed by atoms with Crippen molar-refractivity contribution in [1.29, 1.82) is 0 Å². The number of carbonyl (C=O) groups excluding carboxylic acids is 1. The Balaban J connectivity index is 1.63. The van der Waals surface area contributed by atoms with Crippen LogP contribution in [0.4, 0.5) is 19.3 Å². The van der Waals surface area contributed by atoms with Gasteiger partial charge >= 0.3 is 6.03 Å². The van der Waals surface area contributed by atoms with E-state index in [9.17, 15) is 13.6 Å². The molecule has 0 spiro atoms. The van der Waals surface area contributed by atoms with Crippen LogP contribution < -0.4 is 15.0 Å². The molecule has 1 N–H and O–H groups in total. The number of hydrogen-bond donors (Lipinski definition) is 1. The summed E-state index contributed by atoms with van der Waals surface area (Å²) in [6.45, 7) is 1.75. The lowest BCUT2D eigenvalue weighted by Crippen LogP contribution is -2.46. The standard InChI is InChI=1S/C26H20F2N4O3/c1-15-22(25-30-24(31-35-25)17-8-13-21(34-2)20(28)14-17)23(16-6-4-3-5-7-16)29-26(33)32(15)19-11-9-18(27)10-12-19/h3-14,23H,1-2H3,(H,29,33). The molecule has 2 heterocycles. The summed E-state index contributed by atoms with van der Waals surface area (Å²) in [7, 11) is 1.38. The van der Waals surface area contributed by atoms with Crippen LogP contribution in [0.25, 0.3) is 17.0 Å². The first-order valence-corrected chi connectivity index (χ1v) is 10.8. The molecule has 35 heavy (non-hydrogen) atoms. The molecule has 5 rings (SSSR count). The van der Waals surface area contributed by atoms with Gasteiger partial charge in [0, 0.05) is 11.3 Å². The first kappa shape index (κ1) is 22.3. The number of urea groups is 1. The summed E-state index contributed by atoms with van der Waals surface area (Å²) >= 11 is 0. The Hall–Kier alpha value is -4.53. The minimum atomic E-state index is -0.582. The Morgan fingerprint density at radius 1 is 1.03 bits per heavy atom. The summed E-state index contributed by atoms with van der Waals surface area (Å²) in [5.41, 5.74) is 2.79. The fourth-order valence-electron chi connectivity index (χ4n) is 4.07. The highest BCUT2D eigenvalue weighted by Crippen LogP contribution is 2.39. The lowest BCUT2D eigenvalue weighted by atomic mass is 9.94. The van der Waals surface area contributed by atoms with Crippen LogP contribution in [0.2, 0.25) is 0 Å². The second-order valence-electron chi connectivity index (χ2n) is 7.88. The van der Waals surface area contributed by atoms with E-state index in [2.05, 4.69) is 15.5 Å². The maximum Gasteiger partial charge on any atom is 0.326 e. The molecule has 0 saturated carbocycles. The van der Waals surface area contributed by atoms with Gasteiger partial charge in [-0.2, -0.15) is 4.98 Å². The minimum Gasteiger partial charge on any atom is -0.494 e. The fourth-order valence-corrected chi connectivity index (χ4v) is 4.07. The molecular formula is C26H20F2N4O3. The summed E-state index contributed by atoms with van der Waals surface area (Å²) in [6.07, 6.45) is 0. The Labute approximate surface area is 199 Å². The quantitative estimate of drug-likeness (QED) is 0.400. The molecule has 176 valence electrons. The second-order valence-corrected chi connectivity index (χ2v) is 7.88. The number of allylic oxidation sites excluding steroid dienone is 1. The van der Waals surface area contributed by atoms with Gasteiger partial charge in [0.05, 0.1) is 24.4 Å². The number of carbonyl (C=O) groups is 1. The van der Waals surface area contributed by atoms with Crippen molar-refractivity contribution in [1.82, 2.24) is 15.5 Å². The molecule has 0 saturated heterocycles. The molecule has 9 heteroatoms. The maximum absolute atomic E-state index is 14.3. The number of halogens is 2. The van der Waals surface area contributed by atoms with E-state index in [0.717, 1.165) is 5.56 Å². The van der Waals surface area contributed by atoms with Crippen molar-refractivity contribution in [2.75, 3.05) is 12.0 Å². The lowest BCUT2D eigenvalue weighted by Gasteiger charge is -2.35. The number of benzene rings is 3. The van der Waals surface area contributed by atoms with Gasteiger partial charge in [0.25, 0.3) is 5.89 Å². The lowest BCUT2D eigenvalue weighted by molar-refractivity contribution is 0.244. The van der Waals surface area contributed by atoms with Crippen molar-refractivity contribution in [2.45, 2.75) is 13.0 Å². The number of anilines is 1. The summed E-state index contributed by atoms with van der Waals surface area (Å²) in [6, 6.07) is 18.3. The van der Waals surface area contributed by atoms with Crippen molar-refractivity contribution in [3.05, 3.63) is 102 Å². The van der Waals surface area contributed by atoms with Crippen molar-refractivity contribution in [3.8, 4) is 17.1 Å². The average Bonchev–Trinajstić information content (AvgIpc) is 3.35. The summed E-state index contributed by atoms with van der Waals surface area (Å²) in [4.78, 5) is 19.1. The van der Waals surface area contributed by atoms with Crippen LogP contribution in [0.1, 0.15) is 24.4 Å². The highest BCUT2D eigenvalue weighted by atomic mass is 19.1. The van der Waals surface area contributed by atoms with Crippen LogP contribution in [0.15, 0.2) is 83.0 Å². The van der Waals surface area contributed by atoms with E-state index in [-0.39, 0.29) is 23.5 Å². The van der Waals surface area contributed by atoms with Crippen molar-refractivity contribution < 1.29 is 22.8 Å². The Bertz CT molecular complexity index is 1420. The molecular weight excluding hydrogens is 454 g/mol. The van der Waals surface area contributed by atoms with Gasteiger partial charge in [0.2, 0.25) is 5.82 Å². The van der Waals surface area contributed by atoms with Crippen LogP contribution >= 0.6 is 0 Å². The SMILES string of the molecule is COc1ccc(-c2noc(C3=C(C)N(c4ccc(F)cc4)C(=O)NC3c3ccccc3)n2)cc1F. The number of amides is 2.